The Morgan fingerprint density at radius 1 is 1.38 bits per heavy atom. The second kappa shape index (κ2) is 6.53. The van der Waals surface area contributed by atoms with Crippen LogP contribution in [0.3, 0.4) is 0 Å². The van der Waals surface area contributed by atoms with Crippen LogP contribution in [-0.4, -0.2) is 60.5 Å². The predicted molar refractivity (Wildman–Crippen MR) is 78.3 cm³/mol. The molecular weight excluding hydrogens is 292 g/mol. The van der Waals surface area contributed by atoms with E-state index >= 15 is 0 Å². The molecule has 0 bridgehead atoms. The van der Waals surface area contributed by atoms with E-state index in [1.165, 1.54) is 0 Å². The number of aliphatic hydroxyl groups is 1. The zero-order chi connectivity index (χ0) is 15.5. The first-order valence-corrected chi connectivity index (χ1v) is 8.93. The molecule has 0 aromatic carbocycles. The standard InChI is InChI=1S/C14H20N2O4S/c1-21(19,20)7-4-14(18)16-9-12(13(17)10-16)8-11-2-5-15-6-3-11/h2-3,5-6,12-13,17H,4,7-10H2,1H3/t12-,13+/m1/s1. The van der Waals surface area contributed by atoms with Crippen molar-refractivity contribution in [2.75, 3.05) is 25.1 Å². The number of hydrogen-bond acceptors (Lipinski definition) is 5. The second-order valence-electron chi connectivity index (χ2n) is 5.57. The molecule has 116 valence electrons. The van der Waals surface area contributed by atoms with E-state index < -0.39 is 15.9 Å². The average Bonchev–Trinajstić information content (AvgIpc) is 2.78. The number of sulfone groups is 1. The Kier molecular flexibility index (Phi) is 4.95. The zero-order valence-corrected chi connectivity index (χ0v) is 12.8. The summed E-state index contributed by atoms with van der Waals surface area (Å²) in [6, 6.07) is 3.78. The molecule has 1 aliphatic rings. The highest BCUT2D eigenvalue weighted by atomic mass is 32.2. The second-order valence-corrected chi connectivity index (χ2v) is 7.83. The van der Waals surface area contributed by atoms with Crippen LogP contribution in [0.15, 0.2) is 24.5 Å². The predicted octanol–water partition coefficient (Wildman–Crippen LogP) is -0.122. The van der Waals surface area contributed by atoms with Gasteiger partial charge in [-0.2, -0.15) is 0 Å². The molecule has 1 fully saturated rings. The van der Waals surface area contributed by atoms with Gasteiger partial charge >= 0.3 is 0 Å². The number of rotatable bonds is 5. The van der Waals surface area contributed by atoms with Crippen LogP contribution in [0.5, 0.6) is 0 Å². The highest BCUT2D eigenvalue weighted by Crippen LogP contribution is 2.22. The van der Waals surface area contributed by atoms with Gasteiger partial charge in [-0.25, -0.2) is 8.42 Å². The third-order valence-corrected chi connectivity index (χ3v) is 4.64. The number of hydrogen-bond donors (Lipinski definition) is 1. The number of nitrogens with zero attached hydrogens (tertiary/aromatic N) is 2. The number of likely N-dealkylation sites (tertiary alicyclic amines) is 1. The van der Waals surface area contributed by atoms with Crippen LogP contribution in [0, 0.1) is 5.92 Å². The van der Waals surface area contributed by atoms with Gasteiger partial charge in [0.05, 0.1) is 11.9 Å². The Bertz CT molecular complexity index is 588. The fraction of sp³-hybridized carbons (Fsp3) is 0.571. The molecule has 1 aromatic rings. The number of β-amino-alcohol motifs (C(OH)–C–C–N with tert-alkyl or cyclic N) is 1. The first-order valence-electron chi connectivity index (χ1n) is 6.87. The van der Waals surface area contributed by atoms with E-state index in [9.17, 15) is 18.3 Å². The van der Waals surface area contributed by atoms with Crippen molar-refractivity contribution in [2.45, 2.75) is 18.9 Å². The molecule has 7 heteroatoms. The molecule has 0 radical (unpaired) electrons. The molecule has 2 atom stereocenters. The molecule has 0 unspecified atom stereocenters. The van der Waals surface area contributed by atoms with Gasteiger partial charge in [-0.3, -0.25) is 9.78 Å². The van der Waals surface area contributed by atoms with E-state index in [0.717, 1.165) is 11.8 Å². The minimum Gasteiger partial charge on any atom is -0.391 e. The smallest absolute Gasteiger partial charge is 0.223 e. The molecule has 2 heterocycles. The maximum Gasteiger partial charge on any atom is 0.223 e. The van der Waals surface area contributed by atoms with Gasteiger partial charge in [-0.1, -0.05) is 0 Å². The first kappa shape index (κ1) is 15.9. The molecule has 1 saturated heterocycles. The fourth-order valence-corrected chi connectivity index (χ4v) is 3.06. The average molecular weight is 312 g/mol. The van der Waals surface area contributed by atoms with Crippen molar-refractivity contribution in [2.24, 2.45) is 5.92 Å². The molecule has 0 saturated carbocycles. The summed E-state index contributed by atoms with van der Waals surface area (Å²) in [5.41, 5.74) is 1.07. The van der Waals surface area contributed by atoms with Gasteiger partial charge < -0.3 is 10.0 Å². The van der Waals surface area contributed by atoms with Crippen LogP contribution in [0.2, 0.25) is 0 Å². The van der Waals surface area contributed by atoms with Crippen LogP contribution in [0.4, 0.5) is 0 Å². The molecule has 2 rings (SSSR count). The maximum absolute atomic E-state index is 12.0. The highest BCUT2D eigenvalue weighted by molar-refractivity contribution is 7.90. The normalized spacial score (nSPS) is 22.5. The number of pyridine rings is 1. The van der Waals surface area contributed by atoms with Crippen molar-refractivity contribution in [1.29, 1.82) is 0 Å². The topological polar surface area (TPSA) is 87.6 Å². The summed E-state index contributed by atoms with van der Waals surface area (Å²) in [7, 11) is -3.14. The Morgan fingerprint density at radius 2 is 2.05 bits per heavy atom. The van der Waals surface area contributed by atoms with Crippen molar-refractivity contribution >= 4 is 15.7 Å². The van der Waals surface area contributed by atoms with Crippen LogP contribution >= 0.6 is 0 Å². The van der Waals surface area contributed by atoms with E-state index in [2.05, 4.69) is 4.98 Å². The van der Waals surface area contributed by atoms with Gasteiger partial charge in [0.25, 0.3) is 0 Å². The Balaban J connectivity index is 1.90. The Labute approximate surface area is 124 Å². The summed E-state index contributed by atoms with van der Waals surface area (Å²) in [5, 5.41) is 10.1. The quantitative estimate of drug-likeness (QED) is 0.819. The summed E-state index contributed by atoms with van der Waals surface area (Å²) in [5.74, 6) is -0.376. The molecule has 1 N–H and O–H groups in total. The lowest BCUT2D eigenvalue weighted by molar-refractivity contribution is -0.130. The lowest BCUT2D eigenvalue weighted by Gasteiger charge is -2.15. The van der Waals surface area contributed by atoms with Crippen molar-refractivity contribution < 1.29 is 18.3 Å². The minimum atomic E-state index is -3.14. The van der Waals surface area contributed by atoms with Crippen LogP contribution < -0.4 is 0 Å². The van der Waals surface area contributed by atoms with Crippen LogP contribution in [-0.2, 0) is 21.1 Å². The zero-order valence-electron chi connectivity index (χ0n) is 12.0. The summed E-state index contributed by atoms with van der Waals surface area (Å²) in [6.07, 6.45) is 4.61. The molecule has 21 heavy (non-hydrogen) atoms. The number of aliphatic hydroxyl groups excluding tert-OH is 1. The Hall–Kier alpha value is -1.47. The number of carbonyl (C=O) groups excluding carboxylic acids is 1. The monoisotopic (exact) mass is 312 g/mol. The lowest BCUT2D eigenvalue weighted by Crippen LogP contribution is -2.30. The van der Waals surface area contributed by atoms with Crippen molar-refractivity contribution in [1.82, 2.24) is 9.88 Å². The first-order chi connectivity index (χ1) is 9.85. The molecule has 6 nitrogen and oxygen atoms in total. The van der Waals surface area contributed by atoms with E-state index in [1.54, 1.807) is 17.3 Å². The number of amides is 1. The summed E-state index contributed by atoms with van der Waals surface area (Å²) < 4.78 is 22.2. The van der Waals surface area contributed by atoms with Gasteiger partial charge in [0.15, 0.2) is 0 Å². The third-order valence-electron chi connectivity index (χ3n) is 3.69. The van der Waals surface area contributed by atoms with Crippen LogP contribution in [0.25, 0.3) is 0 Å². The molecular formula is C14H20N2O4S. The highest BCUT2D eigenvalue weighted by Gasteiger charge is 2.33. The molecule has 1 aromatic heterocycles. The molecule has 1 aliphatic heterocycles. The minimum absolute atomic E-state index is 0.0189. The fourth-order valence-electron chi connectivity index (χ4n) is 2.51. The van der Waals surface area contributed by atoms with Crippen LogP contribution in [0.1, 0.15) is 12.0 Å². The van der Waals surface area contributed by atoms with E-state index in [4.69, 9.17) is 0 Å². The summed E-state index contributed by atoms with van der Waals surface area (Å²) >= 11 is 0. The molecule has 1 amide bonds. The largest absolute Gasteiger partial charge is 0.391 e. The van der Waals surface area contributed by atoms with Crippen molar-refractivity contribution in [3.8, 4) is 0 Å². The van der Waals surface area contributed by atoms with Crippen molar-refractivity contribution in [3.05, 3.63) is 30.1 Å². The molecule has 0 spiro atoms. The van der Waals surface area contributed by atoms with Gasteiger partial charge in [0, 0.05) is 44.1 Å². The van der Waals surface area contributed by atoms with E-state index in [0.29, 0.717) is 13.0 Å². The number of aromatic nitrogens is 1. The Morgan fingerprint density at radius 3 is 2.67 bits per heavy atom. The van der Waals surface area contributed by atoms with E-state index in [1.807, 2.05) is 12.1 Å². The van der Waals surface area contributed by atoms with Crippen molar-refractivity contribution in [3.63, 3.8) is 0 Å². The van der Waals surface area contributed by atoms with E-state index in [-0.39, 0.29) is 30.5 Å². The summed E-state index contributed by atoms with van der Waals surface area (Å²) in [6.45, 7) is 0.741. The number of carbonyl (C=O) groups is 1. The summed E-state index contributed by atoms with van der Waals surface area (Å²) in [4.78, 5) is 17.5. The van der Waals surface area contributed by atoms with Gasteiger partial charge in [0.2, 0.25) is 5.91 Å². The molecule has 0 aliphatic carbocycles. The van der Waals surface area contributed by atoms with Gasteiger partial charge in [-0.05, 0) is 24.1 Å². The van der Waals surface area contributed by atoms with Gasteiger partial charge in [0.1, 0.15) is 9.84 Å². The maximum atomic E-state index is 12.0. The third kappa shape index (κ3) is 4.78. The SMILES string of the molecule is CS(=O)(=O)CCC(=O)N1C[C@@H](Cc2ccncc2)[C@@H](O)C1. The lowest BCUT2D eigenvalue weighted by atomic mass is 9.97. The van der Waals surface area contributed by atoms with Gasteiger partial charge in [-0.15, -0.1) is 0 Å².